The van der Waals surface area contributed by atoms with E-state index in [1.807, 2.05) is 13.8 Å². The zero-order valence-electron chi connectivity index (χ0n) is 19.9. The molecule has 0 aliphatic heterocycles. The lowest BCUT2D eigenvalue weighted by molar-refractivity contribution is -0.148. The topological polar surface area (TPSA) is 171 Å². The number of ether oxygens (including phenoxy) is 1. The molecule has 10 nitrogen and oxygen atoms in total. The Labute approximate surface area is 190 Å². The van der Waals surface area contributed by atoms with Crippen LogP contribution in [0.3, 0.4) is 0 Å². The summed E-state index contributed by atoms with van der Waals surface area (Å²) in [6.45, 7) is 9.01. The lowest BCUT2D eigenvalue weighted by Crippen LogP contribution is -2.61. The number of hydrogen-bond acceptors (Lipinski definition) is 7. The summed E-state index contributed by atoms with van der Waals surface area (Å²) in [4.78, 5) is 37.0. The molecule has 1 rings (SSSR count). The van der Waals surface area contributed by atoms with E-state index in [9.17, 15) is 19.5 Å². The van der Waals surface area contributed by atoms with Crippen molar-refractivity contribution < 1.29 is 34.3 Å². The SMILES string of the molecule is CC[C@H](C)[C@H](NC(=O)OC(C)(C)C)C(=O)NC[C@@H]1CC[C@@H](CCB(O)O)C[C@]1(N)C(=O)O. The van der Waals surface area contributed by atoms with Gasteiger partial charge in [-0.15, -0.1) is 0 Å². The molecule has 184 valence electrons. The normalized spacial score (nSPS) is 25.4. The summed E-state index contributed by atoms with van der Waals surface area (Å²) >= 11 is 0. The zero-order chi connectivity index (χ0) is 24.7. The molecule has 7 N–H and O–H groups in total. The van der Waals surface area contributed by atoms with Crippen molar-refractivity contribution in [1.82, 2.24) is 10.6 Å². The van der Waals surface area contributed by atoms with Gasteiger partial charge in [-0.3, -0.25) is 9.59 Å². The average Bonchev–Trinajstić information content (AvgIpc) is 2.67. The van der Waals surface area contributed by atoms with E-state index < -0.39 is 48.2 Å². The monoisotopic (exact) mass is 457 g/mol. The van der Waals surface area contributed by atoms with Crippen LogP contribution < -0.4 is 16.4 Å². The van der Waals surface area contributed by atoms with Crippen molar-refractivity contribution >= 4 is 25.1 Å². The fourth-order valence-corrected chi connectivity index (χ4v) is 4.09. The van der Waals surface area contributed by atoms with Gasteiger partial charge in [-0.2, -0.15) is 0 Å². The molecule has 11 heteroatoms. The molecule has 0 unspecified atom stereocenters. The van der Waals surface area contributed by atoms with E-state index in [2.05, 4.69) is 10.6 Å². The van der Waals surface area contributed by atoms with E-state index >= 15 is 0 Å². The minimum atomic E-state index is -1.53. The summed E-state index contributed by atoms with van der Waals surface area (Å²) in [7, 11) is -1.43. The number of carbonyl (C=O) groups excluding carboxylic acids is 2. The van der Waals surface area contributed by atoms with Crippen molar-refractivity contribution in [1.29, 1.82) is 0 Å². The molecule has 5 atom stereocenters. The first-order valence-electron chi connectivity index (χ1n) is 11.3. The Bertz CT molecular complexity index is 656. The van der Waals surface area contributed by atoms with Gasteiger partial charge in [-0.05, 0) is 58.2 Å². The largest absolute Gasteiger partial charge is 0.480 e. The van der Waals surface area contributed by atoms with Gasteiger partial charge in [-0.25, -0.2) is 4.79 Å². The molecule has 1 fully saturated rings. The molecule has 0 spiro atoms. The van der Waals surface area contributed by atoms with Crippen molar-refractivity contribution in [3.63, 3.8) is 0 Å². The van der Waals surface area contributed by atoms with Gasteiger partial charge in [0.1, 0.15) is 17.2 Å². The van der Waals surface area contributed by atoms with Crippen LogP contribution in [0.2, 0.25) is 6.32 Å². The number of carboxylic acids is 1. The highest BCUT2D eigenvalue weighted by atomic mass is 16.6. The first kappa shape index (κ1) is 28.2. The molecule has 0 aromatic heterocycles. The van der Waals surface area contributed by atoms with Gasteiger partial charge in [0.15, 0.2) is 0 Å². The fraction of sp³-hybridized carbons (Fsp3) is 0.857. The molecular weight excluding hydrogens is 417 g/mol. The van der Waals surface area contributed by atoms with Crippen molar-refractivity contribution in [2.45, 2.75) is 90.2 Å². The van der Waals surface area contributed by atoms with E-state index in [0.29, 0.717) is 25.7 Å². The number of rotatable bonds is 10. The Morgan fingerprint density at radius 3 is 2.38 bits per heavy atom. The molecule has 1 aliphatic carbocycles. The first-order chi connectivity index (χ1) is 14.7. The third-order valence-corrected chi connectivity index (χ3v) is 6.20. The highest BCUT2D eigenvalue weighted by Crippen LogP contribution is 2.38. The Hall–Kier alpha value is -1.85. The third-order valence-electron chi connectivity index (χ3n) is 6.20. The van der Waals surface area contributed by atoms with Gasteiger partial charge in [0.2, 0.25) is 5.91 Å². The molecule has 1 aliphatic rings. The van der Waals surface area contributed by atoms with Crippen LogP contribution in [-0.2, 0) is 14.3 Å². The minimum absolute atomic E-state index is 0.0356. The Morgan fingerprint density at radius 1 is 1.25 bits per heavy atom. The van der Waals surface area contributed by atoms with E-state index in [-0.39, 0.29) is 31.1 Å². The maximum atomic E-state index is 12.9. The predicted molar refractivity (Wildman–Crippen MR) is 121 cm³/mol. The molecule has 0 bridgehead atoms. The second-order valence-electron chi connectivity index (χ2n) is 10.0. The molecule has 1 saturated carbocycles. The molecule has 2 amide bonds. The van der Waals surface area contributed by atoms with Crippen LogP contribution in [0.4, 0.5) is 4.79 Å². The van der Waals surface area contributed by atoms with Gasteiger partial charge in [0, 0.05) is 12.5 Å². The van der Waals surface area contributed by atoms with Crippen LogP contribution in [-0.4, -0.2) is 64.0 Å². The van der Waals surface area contributed by atoms with Crippen LogP contribution in [0.1, 0.15) is 66.7 Å². The fourth-order valence-electron chi connectivity index (χ4n) is 4.09. The molecule has 0 radical (unpaired) electrons. The van der Waals surface area contributed by atoms with E-state index in [4.69, 9.17) is 20.5 Å². The van der Waals surface area contributed by atoms with Crippen LogP contribution in [0.25, 0.3) is 0 Å². The zero-order valence-corrected chi connectivity index (χ0v) is 19.9. The van der Waals surface area contributed by atoms with E-state index in [1.54, 1.807) is 20.8 Å². The van der Waals surface area contributed by atoms with Crippen LogP contribution in [0.5, 0.6) is 0 Å². The summed E-state index contributed by atoms with van der Waals surface area (Å²) in [6, 6.07) is -0.825. The van der Waals surface area contributed by atoms with Gasteiger partial charge >= 0.3 is 19.2 Å². The van der Waals surface area contributed by atoms with Gasteiger partial charge < -0.3 is 36.3 Å². The molecule has 0 aromatic rings. The van der Waals surface area contributed by atoms with Crippen molar-refractivity contribution in [2.24, 2.45) is 23.5 Å². The maximum Gasteiger partial charge on any atom is 0.451 e. The van der Waals surface area contributed by atoms with Crippen LogP contribution in [0, 0.1) is 17.8 Å². The van der Waals surface area contributed by atoms with Crippen LogP contribution in [0.15, 0.2) is 0 Å². The lowest BCUT2D eigenvalue weighted by Gasteiger charge is -2.41. The number of hydrogen-bond donors (Lipinski definition) is 6. The van der Waals surface area contributed by atoms with Crippen LogP contribution >= 0.6 is 0 Å². The summed E-state index contributed by atoms with van der Waals surface area (Å²) in [6.07, 6.45) is 1.95. The lowest BCUT2D eigenvalue weighted by atomic mass is 9.66. The van der Waals surface area contributed by atoms with E-state index in [1.165, 1.54) is 0 Å². The second-order valence-corrected chi connectivity index (χ2v) is 10.0. The number of amides is 2. The number of carbonyl (C=O) groups is 3. The first-order valence-corrected chi connectivity index (χ1v) is 11.3. The number of carboxylic acid groups (broad SMARTS) is 1. The molecule has 0 heterocycles. The van der Waals surface area contributed by atoms with E-state index in [0.717, 1.165) is 0 Å². The molecular formula is C21H40BN3O7. The Kier molecular flexibility index (Phi) is 10.4. The smallest absolute Gasteiger partial charge is 0.451 e. The molecule has 0 saturated heterocycles. The molecule has 0 aromatic carbocycles. The third kappa shape index (κ3) is 8.59. The highest BCUT2D eigenvalue weighted by molar-refractivity contribution is 6.40. The number of alkyl carbamates (subject to hydrolysis) is 1. The van der Waals surface area contributed by atoms with Gasteiger partial charge in [0.05, 0.1) is 0 Å². The number of nitrogens with one attached hydrogen (secondary N) is 2. The number of aliphatic carboxylic acids is 1. The molecule has 32 heavy (non-hydrogen) atoms. The highest BCUT2D eigenvalue weighted by Gasteiger charge is 2.47. The van der Waals surface area contributed by atoms with Crippen molar-refractivity contribution in [3.8, 4) is 0 Å². The minimum Gasteiger partial charge on any atom is -0.480 e. The van der Waals surface area contributed by atoms with Crippen molar-refractivity contribution in [2.75, 3.05) is 6.54 Å². The van der Waals surface area contributed by atoms with Gasteiger partial charge in [0.25, 0.3) is 0 Å². The average molecular weight is 457 g/mol. The second kappa shape index (κ2) is 11.9. The maximum absolute atomic E-state index is 12.9. The summed E-state index contributed by atoms with van der Waals surface area (Å²) in [5, 5.41) is 33.3. The quantitative estimate of drug-likeness (QED) is 0.265. The summed E-state index contributed by atoms with van der Waals surface area (Å²) in [5.74, 6) is -2.24. The summed E-state index contributed by atoms with van der Waals surface area (Å²) < 4.78 is 5.26. The number of nitrogens with two attached hydrogens (primary N) is 1. The Morgan fingerprint density at radius 2 is 1.88 bits per heavy atom. The summed E-state index contributed by atoms with van der Waals surface area (Å²) in [5.41, 5.74) is 4.05. The van der Waals surface area contributed by atoms with Gasteiger partial charge in [-0.1, -0.05) is 26.7 Å². The standard InChI is InChI=1S/C21H40BN3O7/c1-6-13(2)16(25-19(29)32-20(3,4)5)17(26)24-12-15-8-7-14(9-10-22(30)31)11-21(15,23)18(27)28/h13-16,30-31H,6-12,23H2,1-5H3,(H,24,26)(H,25,29)(H,27,28)/t13-,14-,15-,16-,21+/m0/s1. The Balaban J connectivity index is 2.81. The van der Waals surface area contributed by atoms with Crippen molar-refractivity contribution in [3.05, 3.63) is 0 Å². The predicted octanol–water partition coefficient (Wildman–Crippen LogP) is 1.10.